The molecule has 1 aromatic heterocycles. The Morgan fingerprint density at radius 2 is 2.25 bits per heavy atom. The Labute approximate surface area is 121 Å². The molecule has 0 spiro atoms. The predicted molar refractivity (Wildman–Crippen MR) is 71.9 cm³/mol. The van der Waals surface area contributed by atoms with E-state index in [1.54, 1.807) is 11.8 Å². The Morgan fingerprint density at radius 1 is 1.55 bits per heavy atom. The smallest absolute Gasteiger partial charge is 0.283 e. The number of likely N-dealkylation sites (tertiary alicyclic amines) is 1. The SMILES string of the molecule is Cc1c(Cl)c(C(F)F)nn1CC(=O)N1CCCC(C)C1. The van der Waals surface area contributed by atoms with E-state index in [2.05, 4.69) is 12.0 Å². The molecule has 0 bridgehead atoms. The molecule has 20 heavy (non-hydrogen) atoms. The number of rotatable bonds is 3. The van der Waals surface area contributed by atoms with E-state index in [9.17, 15) is 13.6 Å². The average Bonchev–Trinajstić information content (AvgIpc) is 2.67. The van der Waals surface area contributed by atoms with Gasteiger partial charge in [0.2, 0.25) is 5.91 Å². The molecule has 0 saturated carbocycles. The molecule has 2 rings (SSSR count). The maximum absolute atomic E-state index is 12.7. The lowest BCUT2D eigenvalue weighted by molar-refractivity contribution is -0.133. The van der Waals surface area contributed by atoms with Crippen molar-refractivity contribution in [1.82, 2.24) is 14.7 Å². The zero-order chi connectivity index (χ0) is 14.9. The zero-order valence-corrected chi connectivity index (χ0v) is 12.3. The molecule has 0 aliphatic carbocycles. The second-order valence-corrected chi connectivity index (χ2v) is 5.71. The maximum Gasteiger partial charge on any atom is 0.283 e. The number of piperidine rings is 1. The molecule has 112 valence electrons. The highest BCUT2D eigenvalue weighted by Crippen LogP contribution is 2.28. The third-order valence-electron chi connectivity index (χ3n) is 3.66. The van der Waals surface area contributed by atoms with Crippen molar-refractivity contribution in [2.45, 2.75) is 39.7 Å². The van der Waals surface area contributed by atoms with Crippen LogP contribution in [0.25, 0.3) is 0 Å². The van der Waals surface area contributed by atoms with E-state index >= 15 is 0 Å². The van der Waals surface area contributed by atoms with E-state index in [1.807, 2.05) is 0 Å². The first-order valence-electron chi connectivity index (χ1n) is 6.69. The van der Waals surface area contributed by atoms with Gasteiger partial charge in [0, 0.05) is 13.1 Å². The van der Waals surface area contributed by atoms with Crippen LogP contribution in [0.15, 0.2) is 0 Å². The van der Waals surface area contributed by atoms with E-state index in [1.165, 1.54) is 4.68 Å². The first-order chi connectivity index (χ1) is 9.40. The minimum Gasteiger partial charge on any atom is -0.341 e. The van der Waals surface area contributed by atoms with Crippen LogP contribution in [0, 0.1) is 12.8 Å². The summed E-state index contributed by atoms with van der Waals surface area (Å²) >= 11 is 5.81. The molecule has 1 fully saturated rings. The normalized spacial score (nSPS) is 19.7. The molecule has 0 radical (unpaired) electrons. The van der Waals surface area contributed by atoms with E-state index in [4.69, 9.17) is 11.6 Å². The second kappa shape index (κ2) is 6.08. The van der Waals surface area contributed by atoms with Gasteiger partial charge in [-0.3, -0.25) is 9.48 Å². The fourth-order valence-corrected chi connectivity index (χ4v) is 2.70. The molecule has 1 aliphatic rings. The fourth-order valence-electron chi connectivity index (χ4n) is 2.49. The van der Waals surface area contributed by atoms with Crippen LogP contribution in [-0.4, -0.2) is 33.7 Å². The summed E-state index contributed by atoms with van der Waals surface area (Å²) in [5, 5.41) is 3.69. The van der Waals surface area contributed by atoms with Crippen molar-refractivity contribution in [1.29, 1.82) is 0 Å². The second-order valence-electron chi connectivity index (χ2n) is 5.33. The van der Waals surface area contributed by atoms with Crippen LogP contribution in [0.1, 0.15) is 37.6 Å². The molecule has 0 aromatic carbocycles. The van der Waals surface area contributed by atoms with E-state index in [0.29, 0.717) is 18.2 Å². The van der Waals surface area contributed by atoms with E-state index in [-0.39, 0.29) is 17.5 Å². The van der Waals surface area contributed by atoms with Crippen molar-refractivity contribution < 1.29 is 13.6 Å². The van der Waals surface area contributed by atoms with Gasteiger partial charge < -0.3 is 4.90 Å². The summed E-state index contributed by atoms with van der Waals surface area (Å²) in [7, 11) is 0. The van der Waals surface area contributed by atoms with Gasteiger partial charge in [0.1, 0.15) is 12.2 Å². The summed E-state index contributed by atoms with van der Waals surface area (Å²) in [5.74, 6) is 0.381. The molecule has 1 saturated heterocycles. The summed E-state index contributed by atoms with van der Waals surface area (Å²) in [4.78, 5) is 14.0. The first kappa shape index (κ1) is 15.2. The van der Waals surface area contributed by atoms with Crippen LogP contribution in [0.4, 0.5) is 8.78 Å². The van der Waals surface area contributed by atoms with Crippen LogP contribution >= 0.6 is 11.6 Å². The summed E-state index contributed by atoms with van der Waals surface area (Å²) in [5.41, 5.74) is -0.0515. The molecule has 1 aromatic rings. The number of nitrogens with zero attached hydrogens (tertiary/aromatic N) is 3. The molecule has 1 unspecified atom stereocenters. The molecule has 0 N–H and O–H groups in total. The Morgan fingerprint density at radius 3 is 2.80 bits per heavy atom. The lowest BCUT2D eigenvalue weighted by atomic mass is 10.0. The maximum atomic E-state index is 12.7. The van der Waals surface area contributed by atoms with Crippen molar-refractivity contribution in [3.63, 3.8) is 0 Å². The van der Waals surface area contributed by atoms with Crippen LogP contribution in [0.3, 0.4) is 0 Å². The van der Waals surface area contributed by atoms with Gasteiger partial charge in [-0.05, 0) is 25.7 Å². The first-order valence-corrected chi connectivity index (χ1v) is 7.06. The standard InChI is InChI=1S/C13H18ClF2N3O/c1-8-4-3-5-18(6-8)10(20)7-19-9(2)11(14)12(17-19)13(15)16/h8,13H,3-7H2,1-2H3. The van der Waals surface area contributed by atoms with Gasteiger partial charge in [-0.25, -0.2) is 8.78 Å². The number of alkyl halides is 2. The molecule has 1 aliphatic heterocycles. The van der Waals surface area contributed by atoms with Gasteiger partial charge in [0.05, 0.1) is 10.7 Å². The Hall–Kier alpha value is -1.17. The van der Waals surface area contributed by atoms with Crippen LogP contribution < -0.4 is 0 Å². The zero-order valence-electron chi connectivity index (χ0n) is 11.6. The molecule has 4 nitrogen and oxygen atoms in total. The minimum absolute atomic E-state index is 0.0367. The fraction of sp³-hybridized carbons (Fsp3) is 0.692. The molecule has 7 heteroatoms. The lowest BCUT2D eigenvalue weighted by Crippen LogP contribution is -2.41. The van der Waals surface area contributed by atoms with Crippen molar-refractivity contribution >= 4 is 17.5 Å². The van der Waals surface area contributed by atoms with Gasteiger partial charge >= 0.3 is 0 Å². The molecule has 2 heterocycles. The van der Waals surface area contributed by atoms with Gasteiger partial charge in [-0.1, -0.05) is 18.5 Å². The largest absolute Gasteiger partial charge is 0.341 e. The number of hydrogen-bond acceptors (Lipinski definition) is 2. The molecular weight excluding hydrogens is 288 g/mol. The highest BCUT2D eigenvalue weighted by atomic mass is 35.5. The predicted octanol–water partition coefficient (Wildman–Crippen LogP) is 3.04. The van der Waals surface area contributed by atoms with Gasteiger partial charge in [-0.15, -0.1) is 0 Å². The summed E-state index contributed by atoms with van der Waals surface area (Å²) in [6.45, 7) is 5.09. The van der Waals surface area contributed by atoms with Crippen molar-refractivity contribution in [3.8, 4) is 0 Å². The minimum atomic E-state index is -2.73. The molecule has 1 amide bonds. The van der Waals surface area contributed by atoms with Crippen LogP contribution in [-0.2, 0) is 11.3 Å². The molecular formula is C13H18ClF2N3O. The highest BCUT2D eigenvalue weighted by molar-refractivity contribution is 6.31. The summed E-state index contributed by atoms with van der Waals surface area (Å²) < 4.78 is 26.7. The number of carbonyl (C=O) groups excluding carboxylic acids is 1. The number of carbonyl (C=O) groups is 1. The Bertz CT molecular complexity index is 504. The third kappa shape index (κ3) is 3.11. The van der Waals surface area contributed by atoms with Crippen molar-refractivity contribution in [3.05, 3.63) is 16.4 Å². The van der Waals surface area contributed by atoms with Crippen LogP contribution in [0.2, 0.25) is 5.02 Å². The number of halogens is 3. The quantitative estimate of drug-likeness (QED) is 0.861. The van der Waals surface area contributed by atoms with Crippen LogP contribution in [0.5, 0.6) is 0 Å². The topological polar surface area (TPSA) is 38.1 Å². The van der Waals surface area contributed by atoms with Gasteiger partial charge in [0.15, 0.2) is 0 Å². The Balaban J connectivity index is 2.10. The Kier molecular flexibility index (Phi) is 4.62. The average molecular weight is 306 g/mol. The third-order valence-corrected chi connectivity index (χ3v) is 4.13. The summed E-state index contributed by atoms with van der Waals surface area (Å²) in [6.07, 6.45) is -0.632. The monoisotopic (exact) mass is 305 g/mol. The van der Waals surface area contributed by atoms with Crippen molar-refractivity contribution in [2.75, 3.05) is 13.1 Å². The highest BCUT2D eigenvalue weighted by Gasteiger charge is 2.25. The summed E-state index contributed by atoms with van der Waals surface area (Å²) in [6, 6.07) is 0. The number of hydrogen-bond donors (Lipinski definition) is 0. The van der Waals surface area contributed by atoms with E-state index < -0.39 is 12.1 Å². The van der Waals surface area contributed by atoms with E-state index in [0.717, 1.165) is 19.4 Å². The number of aromatic nitrogens is 2. The lowest BCUT2D eigenvalue weighted by Gasteiger charge is -2.31. The number of amides is 1. The van der Waals surface area contributed by atoms with Gasteiger partial charge in [0.25, 0.3) is 6.43 Å². The molecule has 1 atom stereocenters. The van der Waals surface area contributed by atoms with Gasteiger partial charge in [-0.2, -0.15) is 5.10 Å². The van der Waals surface area contributed by atoms with Crippen molar-refractivity contribution in [2.24, 2.45) is 5.92 Å².